The van der Waals surface area contributed by atoms with Crippen molar-refractivity contribution in [3.8, 4) is 0 Å². The van der Waals surface area contributed by atoms with Gasteiger partial charge in [0.25, 0.3) is 0 Å². The maximum absolute atomic E-state index is 12.0. The first-order valence-electron chi connectivity index (χ1n) is 3.50. The summed E-state index contributed by atoms with van der Waals surface area (Å²) in [5.74, 6) is 0.310. The molecular formula is C7H14FN. The maximum atomic E-state index is 12.0. The Bertz CT molecular complexity index is 84.9. The second-order valence-electron chi connectivity index (χ2n) is 3.04. The predicted molar refractivity (Wildman–Crippen MR) is 36.2 cm³/mol. The van der Waals surface area contributed by atoms with E-state index in [1.165, 1.54) is 0 Å². The summed E-state index contributed by atoms with van der Waals surface area (Å²) in [6.07, 6.45) is 1.03. The molecule has 0 bridgehead atoms. The highest BCUT2D eigenvalue weighted by atomic mass is 19.1. The zero-order valence-electron chi connectivity index (χ0n) is 6.10. The summed E-state index contributed by atoms with van der Waals surface area (Å²) in [6.45, 7) is 2.95. The molecule has 1 fully saturated rings. The molecule has 1 aliphatic rings. The van der Waals surface area contributed by atoms with Crippen LogP contribution < -0.4 is 0 Å². The van der Waals surface area contributed by atoms with E-state index in [4.69, 9.17) is 0 Å². The Hall–Kier alpha value is -0.110. The molecule has 0 radical (unpaired) electrons. The molecule has 0 aromatic carbocycles. The maximum Gasteiger partial charge on any atom is 0.0935 e. The minimum absolute atomic E-state index is 0.144. The molecule has 1 saturated heterocycles. The lowest BCUT2D eigenvalue weighted by Crippen LogP contribution is -2.21. The van der Waals surface area contributed by atoms with Crippen LogP contribution in [-0.2, 0) is 0 Å². The zero-order valence-corrected chi connectivity index (χ0v) is 6.10. The number of hydrogen-bond acceptors (Lipinski definition) is 1. The molecule has 1 heterocycles. The van der Waals surface area contributed by atoms with E-state index in [2.05, 4.69) is 18.9 Å². The van der Waals surface area contributed by atoms with E-state index < -0.39 is 0 Å². The van der Waals surface area contributed by atoms with Crippen LogP contribution in [-0.4, -0.2) is 31.2 Å². The average molecular weight is 131 g/mol. The number of likely N-dealkylation sites (tertiary alicyclic amines) is 1. The summed E-state index contributed by atoms with van der Waals surface area (Å²) in [5, 5.41) is 0. The van der Waals surface area contributed by atoms with E-state index in [0.717, 1.165) is 13.0 Å². The zero-order chi connectivity index (χ0) is 6.85. The highest BCUT2D eigenvalue weighted by Gasteiger charge is 2.25. The third kappa shape index (κ3) is 1.42. The second-order valence-corrected chi connectivity index (χ2v) is 3.04. The lowest BCUT2D eigenvalue weighted by Gasteiger charge is -2.12. The van der Waals surface area contributed by atoms with E-state index in [0.29, 0.717) is 12.0 Å². The van der Waals surface area contributed by atoms with Gasteiger partial charge in [-0.25, -0.2) is 0 Å². The Kier molecular flexibility index (Phi) is 2.06. The van der Waals surface area contributed by atoms with E-state index >= 15 is 0 Å². The Morgan fingerprint density at radius 2 is 2.33 bits per heavy atom. The van der Waals surface area contributed by atoms with Gasteiger partial charge < -0.3 is 4.90 Å². The molecule has 0 aromatic heterocycles. The molecule has 2 atom stereocenters. The van der Waals surface area contributed by atoms with Crippen molar-refractivity contribution in [3.05, 3.63) is 0 Å². The fourth-order valence-corrected chi connectivity index (χ4v) is 1.44. The first-order valence-corrected chi connectivity index (χ1v) is 3.50. The van der Waals surface area contributed by atoms with Gasteiger partial charge in [0.2, 0.25) is 0 Å². The van der Waals surface area contributed by atoms with Gasteiger partial charge in [-0.15, -0.1) is 0 Å². The largest absolute Gasteiger partial charge is 0.303 e. The number of alkyl halides is 1. The van der Waals surface area contributed by atoms with Crippen LogP contribution in [0.1, 0.15) is 13.3 Å². The molecule has 1 nitrogen and oxygen atoms in total. The molecule has 0 spiro atoms. The van der Waals surface area contributed by atoms with Crippen molar-refractivity contribution in [2.24, 2.45) is 5.92 Å². The van der Waals surface area contributed by atoms with Crippen molar-refractivity contribution in [1.29, 1.82) is 0 Å². The Labute approximate surface area is 55.8 Å². The Balaban J connectivity index is 2.35. The number of halogens is 1. The third-order valence-electron chi connectivity index (χ3n) is 2.19. The van der Waals surface area contributed by atoms with Crippen molar-refractivity contribution in [1.82, 2.24) is 4.90 Å². The second kappa shape index (κ2) is 2.65. The van der Waals surface area contributed by atoms with Crippen LogP contribution in [0.5, 0.6) is 0 Å². The van der Waals surface area contributed by atoms with Crippen LogP contribution in [0.2, 0.25) is 0 Å². The third-order valence-corrected chi connectivity index (χ3v) is 2.19. The average Bonchev–Trinajstić information content (AvgIpc) is 2.13. The van der Waals surface area contributed by atoms with E-state index in [1.807, 2.05) is 0 Å². The van der Waals surface area contributed by atoms with Gasteiger partial charge in [0.1, 0.15) is 0 Å². The van der Waals surface area contributed by atoms with E-state index in [1.54, 1.807) is 0 Å². The van der Waals surface area contributed by atoms with Crippen molar-refractivity contribution < 1.29 is 4.39 Å². The summed E-state index contributed by atoms with van der Waals surface area (Å²) < 4.78 is 12.0. The van der Waals surface area contributed by atoms with E-state index in [-0.39, 0.29) is 6.67 Å². The monoisotopic (exact) mass is 131 g/mol. The van der Waals surface area contributed by atoms with Crippen LogP contribution in [0.4, 0.5) is 4.39 Å². The van der Waals surface area contributed by atoms with Crippen LogP contribution in [0.25, 0.3) is 0 Å². The fourth-order valence-electron chi connectivity index (χ4n) is 1.44. The highest BCUT2D eigenvalue weighted by Crippen LogP contribution is 2.20. The minimum atomic E-state index is -0.144. The predicted octanol–water partition coefficient (Wildman–Crippen LogP) is 1.30. The van der Waals surface area contributed by atoms with Gasteiger partial charge in [-0.3, -0.25) is 4.39 Å². The first-order chi connectivity index (χ1) is 4.24. The molecule has 0 saturated carbocycles. The Morgan fingerprint density at radius 1 is 1.67 bits per heavy atom. The van der Waals surface area contributed by atoms with E-state index in [9.17, 15) is 4.39 Å². The molecule has 2 heteroatoms. The normalized spacial score (nSPS) is 37.7. The highest BCUT2D eigenvalue weighted by molar-refractivity contribution is 4.79. The number of hydrogen-bond donors (Lipinski definition) is 0. The van der Waals surface area contributed by atoms with Crippen LogP contribution >= 0.6 is 0 Å². The summed E-state index contributed by atoms with van der Waals surface area (Å²) in [5.41, 5.74) is 0. The molecule has 9 heavy (non-hydrogen) atoms. The van der Waals surface area contributed by atoms with Crippen LogP contribution in [0.15, 0.2) is 0 Å². The lowest BCUT2D eigenvalue weighted by atomic mass is 10.1. The number of rotatable bonds is 1. The van der Waals surface area contributed by atoms with Gasteiger partial charge in [0, 0.05) is 18.5 Å². The van der Waals surface area contributed by atoms with Gasteiger partial charge in [-0.1, -0.05) is 0 Å². The lowest BCUT2D eigenvalue weighted by molar-refractivity contribution is 0.314. The van der Waals surface area contributed by atoms with Crippen molar-refractivity contribution in [2.75, 3.05) is 20.3 Å². The standard InChI is InChI=1S/C7H14FN/c1-6-3-7(4-8)5-9(6)2/h6-7H,3-5H2,1-2H3. The van der Waals surface area contributed by atoms with Gasteiger partial charge in [0.15, 0.2) is 0 Å². The van der Waals surface area contributed by atoms with Gasteiger partial charge in [0.05, 0.1) is 6.67 Å². The summed E-state index contributed by atoms with van der Waals surface area (Å²) in [6, 6.07) is 0.589. The molecule has 0 aliphatic carbocycles. The van der Waals surface area contributed by atoms with Crippen LogP contribution in [0.3, 0.4) is 0 Å². The first kappa shape index (κ1) is 7.00. The SMILES string of the molecule is CC1CC(CF)CN1C. The molecule has 2 unspecified atom stereocenters. The van der Waals surface area contributed by atoms with Crippen molar-refractivity contribution >= 4 is 0 Å². The molecular weight excluding hydrogens is 117 g/mol. The smallest absolute Gasteiger partial charge is 0.0935 e. The summed E-state index contributed by atoms with van der Waals surface area (Å²) in [4.78, 5) is 2.21. The summed E-state index contributed by atoms with van der Waals surface area (Å²) >= 11 is 0. The van der Waals surface area contributed by atoms with Crippen molar-refractivity contribution in [2.45, 2.75) is 19.4 Å². The summed E-state index contributed by atoms with van der Waals surface area (Å²) in [7, 11) is 2.06. The fraction of sp³-hybridized carbons (Fsp3) is 1.00. The minimum Gasteiger partial charge on any atom is -0.303 e. The van der Waals surface area contributed by atoms with Gasteiger partial charge in [-0.2, -0.15) is 0 Å². The molecule has 1 rings (SSSR count). The molecule has 0 amide bonds. The quantitative estimate of drug-likeness (QED) is 0.518. The topological polar surface area (TPSA) is 3.24 Å². The molecule has 0 N–H and O–H groups in total. The number of nitrogens with zero attached hydrogens (tertiary/aromatic N) is 1. The van der Waals surface area contributed by atoms with Gasteiger partial charge in [-0.05, 0) is 20.4 Å². The molecule has 0 aromatic rings. The van der Waals surface area contributed by atoms with Gasteiger partial charge >= 0.3 is 0 Å². The van der Waals surface area contributed by atoms with Crippen molar-refractivity contribution in [3.63, 3.8) is 0 Å². The molecule has 54 valence electrons. The molecule has 1 aliphatic heterocycles. The van der Waals surface area contributed by atoms with Crippen LogP contribution in [0, 0.1) is 5.92 Å². The Morgan fingerprint density at radius 3 is 2.56 bits per heavy atom.